The Bertz CT molecular complexity index is 356. The van der Waals surface area contributed by atoms with Gasteiger partial charge in [-0.25, -0.2) is 4.79 Å². The number of carbonyl (C=O) groups excluding carboxylic acids is 2. The molecule has 3 atom stereocenters. The first-order chi connectivity index (χ1) is 8.64. The zero-order valence-corrected chi connectivity index (χ0v) is 11.2. The van der Waals surface area contributed by atoms with Crippen molar-refractivity contribution >= 4 is 17.8 Å². The Morgan fingerprint density at radius 1 is 1.21 bits per heavy atom. The van der Waals surface area contributed by atoms with Gasteiger partial charge < -0.3 is 21.7 Å². The Hall–Kier alpha value is -1.51. The molecule has 0 aromatic heterocycles. The zero-order valence-electron chi connectivity index (χ0n) is 11.2. The number of carbonyl (C=O) groups is 3. The van der Waals surface area contributed by atoms with Crippen molar-refractivity contribution in [2.45, 2.75) is 39.0 Å². The third-order valence-corrected chi connectivity index (χ3v) is 2.67. The molecular weight excluding hydrogens is 254 g/mol. The van der Waals surface area contributed by atoms with Crippen molar-refractivity contribution in [2.24, 2.45) is 17.4 Å². The van der Waals surface area contributed by atoms with E-state index in [9.17, 15) is 19.5 Å². The maximum Gasteiger partial charge on any atom is 0.329 e. The number of nitrogens with zero attached hydrogens (tertiary/aromatic N) is 1. The molecule has 0 spiro atoms. The maximum absolute atomic E-state index is 12.1. The molecule has 0 aromatic rings. The van der Waals surface area contributed by atoms with Crippen LogP contribution in [0.4, 0.5) is 0 Å². The van der Waals surface area contributed by atoms with Gasteiger partial charge in [0.25, 0.3) is 0 Å². The summed E-state index contributed by atoms with van der Waals surface area (Å²) in [6.07, 6.45) is -1.43. The van der Waals surface area contributed by atoms with Gasteiger partial charge >= 0.3 is 5.97 Å². The lowest BCUT2D eigenvalue weighted by molar-refractivity contribution is -0.162. The largest absolute Gasteiger partial charge is 0.480 e. The fourth-order valence-electron chi connectivity index (χ4n) is 1.49. The number of aliphatic hydroxyl groups excluding tert-OH is 1. The molecule has 0 heterocycles. The molecule has 0 radical (unpaired) electrons. The first-order valence-corrected chi connectivity index (χ1v) is 5.87. The van der Waals surface area contributed by atoms with Crippen LogP contribution < -0.4 is 11.5 Å². The first kappa shape index (κ1) is 17.5. The van der Waals surface area contributed by atoms with Crippen molar-refractivity contribution < 1.29 is 24.6 Å². The van der Waals surface area contributed by atoms with Crippen LogP contribution in [-0.2, 0) is 14.4 Å². The number of carboxylic acid groups (broad SMARTS) is 1. The van der Waals surface area contributed by atoms with Crippen molar-refractivity contribution in [3.05, 3.63) is 0 Å². The molecule has 0 saturated heterocycles. The summed E-state index contributed by atoms with van der Waals surface area (Å²) >= 11 is 0. The third kappa shape index (κ3) is 4.27. The number of imide groups is 1. The Labute approximate surface area is 111 Å². The molecule has 8 heteroatoms. The van der Waals surface area contributed by atoms with Crippen LogP contribution in [-0.4, -0.2) is 57.6 Å². The van der Waals surface area contributed by atoms with Crippen molar-refractivity contribution in [1.29, 1.82) is 0 Å². The van der Waals surface area contributed by atoms with E-state index in [4.69, 9.17) is 16.6 Å². The molecule has 0 aliphatic carbocycles. The third-order valence-electron chi connectivity index (χ3n) is 2.67. The van der Waals surface area contributed by atoms with E-state index in [0.29, 0.717) is 4.90 Å². The highest BCUT2D eigenvalue weighted by Gasteiger charge is 2.39. The van der Waals surface area contributed by atoms with Crippen LogP contribution in [0.5, 0.6) is 0 Å². The minimum atomic E-state index is -1.70. The molecule has 19 heavy (non-hydrogen) atoms. The average Bonchev–Trinajstić information content (AvgIpc) is 2.31. The van der Waals surface area contributed by atoms with Crippen molar-refractivity contribution in [3.63, 3.8) is 0 Å². The summed E-state index contributed by atoms with van der Waals surface area (Å²) in [5.41, 5.74) is 10.8. The molecule has 0 aromatic carbocycles. The van der Waals surface area contributed by atoms with Crippen molar-refractivity contribution in [1.82, 2.24) is 4.90 Å². The lowest BCUT2D eigenvalue weighted by atomic mass is 10.0. The predicted octanol–water partition coefficient (Wildman–Crippen LogP) is -1.88. The number of hydrogen-bond donors (Lipinski definition) is 4. The smallest absolute Gasteiger partial charge is 0.329 e. The van der Waals surface area contributed by atoms with Gasteiger partial charge in [0.1, 0.15) is 0 Å². The van der Waals surface area contributed by atoms with E-state index in [1.54, 1.807) is 13.8 Å². The molecule has 8 nitrogen and oxygen atoms in total. The molecule has 110 valence electrons. The summed E-state index contributed by atoms with van der Waals surface area (Å²) in [6.45, 7) is 3.94. The number of nitrogens with two attached hydrogens (primary N) is 2. The van der Waals surface area contributed by atoms with Gasteiger partial charge in [-0.05, 0) is 12.8 Å². The zero-order chi connectivity index (χ0) is 15.3. The molecule has 2 amide bonds. The molecule has 0 rings (SSSR count). The summed E-state index contributed by atoms with van der Waals surface area (Å²) in [7, 11) is 0. The van der Waals surface area contributed by atoms with E-state index >= 15 is 0 Å². The first-order valence-electron chi connectivity index (χ1n) is 5.87. The second-order valence-corrected chi connectivity index (χ2v) is 4.60. The molecular formula is C11H21N3O5. The van der Waals surface area contributed by atoms with Gasteiger partial charge in [-0.3, -0.25) is 14.5 Å². The number of amides is 2. The topological polar surface area (TPSA) is 147 Å². The maximum atomic E-state index is 12.1. The minimum absolute atomic E-state index is 0.288. The standard InChI is InChI=1S/C11H21N3O5/c1-5(2)8(13)10(17)14(7(16)4-12)9(6(3)15)11(18)19/h5-6,8-9,15H,4,12-13H2,1-3H3,(H,18,19). The van der Waals surface area contributed by atoms with Crippen LogP contribution in [0.3, 0.4) is 0 Å². The summed E-state index contributed by atoms with van der Waals surface area (Å²) in [6, 6.07) is -2.75. The van der Waals surface area contributed by atoms with Crippen LogP contribution >= 0.6 is 0 Å². The van der Waals surface area contributed by atoms with E-state index in [2.05, 4.69) is 0 Å². The summed E-state index contributed by atoms with van der Waals surface area (Å²) in [4.78, 5) is 35.3. The van der Waals surface area contributed by atoms with E-state index in [-0.39, 0.29) is 5.92 Å². The fraction of sp³-hybridized carbons (Fsp3) is 0.727. The normalized spacial score (nSPS) is 15.7. The number of carboxylic acids is 1. The second-order valence-electron chi connectivity index (χ2n) is 4.60. The van der Waals surface area contributed by atoms with E-state index in [1.807, 2.05) is 0 Å². The average molecular weight is 275 g/mol. The van der Waals surface area contributed by atoms with Gasteiger partial charge in [0, 0.05) is 0 Å². The lowest BCUT2D eigenvalue weighted by Gasteiger charge is -2.31. The van der Waals surface area contributed by atoms with Crippen LogP contribution in [0.15, 0.2) is 0 Å². The molecule has 6 N–H and O–H groups in total. The molecule has 0 aliphatic heterocycles. The summed E-state index contributed by atoms with van der Waals surface area (Å²) < 4.78 is 0. The van der Waals surface area contributed by atoms with E-state index < -0.39 is 42.5 Å². The minimum Gasteiger partial charge on any atom is -0.480 e. The number of rotatable bonds is 6. The summed E-state index contributed by atoms with van der Waals surface area (Å²) in [5.74, 6) is -3.54. The molecule has 0 aliphatic rings. The molecule has 3 unspecified atom stereocenters. The van der Waals surface area contributed by atoms with Crippen molar-refractivity contribution in [3.8, 4) is 0 Å². The van der Waals surface area contributed by atoms with Gasteiger partial charge in [-0.1, -0.05) is 13.8 Å². The molecule has 0 fully saturated rings. The lowest BCUT2D eigenvalue weighted by Crippen LogP contribution is -2.59. The van der Waals surface area contributed by atoms with Crippen molar-refractivity contribution in [2.75, 3.05) is 6.54 Å². The number of hydrogen-bond acceptors (Lipinski definition) is 6. The van der Waals surface area contributed by atoms with Crippen LogP contribution in [0, 0.1) is 5.92 Å². The monoisotopic (exact) mass is 275 g/mol. The number of aliphatic hydroxyl groups is 1. The quantitative estimate of drug-likeness (QED) is 0.443. The Kier molecular flexibility index (Phi) is 6.60. The van der Waals surface area contributed by atoms with Gasteiger partial charge in [-0.2, -0.15) is 0 Å². The highest BCUT2D eigenvalue weighted by atomic mass is 16.4. The van der Waals surface area contributed by atoms with Gasteiger partial charge in [-0.15, -0.1) is 0 Å². The van der Waals surface area contributed by atoms with Crippen LogP contribution in [0.1, 0.15) is 20.8 Å². The van der Waals surface area contributed by atoms with E-state index in [1.165, 1.54) is 6.92 Å². The fourth-order valence-corrected chi connectivity index (χ4v) is 1.49. The predicted molar refractivity (Wildman–Crippen MR) is 66.8 cm³/mol. The second kappa shape index (κ2) is 7.17. The highest BCUT2D eigenvalue weighted by molar-refractivity contribution is 6.02. The number of aliphatic carboxylic acids is 1. The van der Waals surface area contributed by atoms with Gasteiger partial charge in [0.05, 0.1) is 18.7 Å². The van der Waals surface area contributed by atoms with Gasteiger partial charge in [0.2, 0.25) is 11.8 Å². The molecule has 0 bridgehead atoms. The highest BCUT2D eigenvalue weighted by Crippen LogP contribution is 2.11. The van der Waals surface area contributed by atoms with E-state index in [0.717, 1.165) is 0 Å². The molecule has 0 saturated carbocycles. The van der Waals surface area contributed by atoms with Crippen LogP contribution in [0.2, 0.25) is 0 Å². The van der Waals surface area contributed by atoms with Gasteiger partial charge in [0.15, 0.2) is 6.04 Å². The van der Waals surface area contributed by atoms with Crippen LogP contribution in [0.25, 0.3) is 0 Å². The Morgan fingerprint density at radius 3 is 1.95 bits per heavy atom. The Morgan fingerprint density at radius 2 is 1.68 bits per heavy atom. The SMILES string of the molecule is CC(C)C(N)C(=O)N(C(=O)CN)C(C(=O)O)C(C)O. The summed E-state index contributed by atoms with van der Waals surface area (Å²) in [5, 5.41) is 18.5. The Balaban J connectivity index is 5.49.